The average Bonchev–Trinajstić information content (AvgIpc) is 2.75. The second kappa shape index (κ2) is 35.6. The van der Waals surface area contributed by atoms with Crippen LogP contribution in [0.1, 0.15) is 79.1 Å². The first-order valence-corrected chi connectivity index (χ1v) is 10.8. The normalized spacial score (nSPS) is 10.3. The molecule has 0 bridgehead atoms. The maximum atomic E-state index is 10.8. The van der Waals surface area contributed by atoms with Crippen molar-refractivity contribution in [3.05, 3.63) is 48.6 Å². The van der Waals surface area contributed by atoms with E-state index in [-0.39, 0.29) is 31.4 Å². The van der Waals surface area contributed by atoms with E-state index in [1.54, 1.807) is 26.0 Å². The van der Waals surface area contributed by atoms with Crippen LogP contribution in [0, 0.1) is 0 Å². The molecule has 0 aromatic rings. The summed E-state index contributed by atoms with van der Waals surface area (Å²) in [6.07, 6.45) is 23.9. The number of allylic oxidation sites excluding steroid dienone is 6. The molecule has 0 atom stereocenters. The predicted octanol–water partition coefficient (Wildman–Crippen LogP) is 6.08. The molecule has 0 saturated carbocycles. The molecule has 0 spiro atoms. The van der Waals surface area contributed by atoms with Crippen LogP contribution >= 0.6 is 0 Å². The monoisotopic (exact) mass is 522 g/mol. The van der Waals surface area contributed by atoms with E-state index < -0.39 is 0 Å². The first kappa shape index (κ1) is 36.6. The van der Waals surface area contributed by atoms with Crippen LogP contribution in [0.5, 0.6) is 0 Å². The summed E-state index contributed by atoms with van der Waals surface area (Å²) in [6, 6.07) is 0. The van der Waals surface area contributed by atoms with E-state index in [1.165, 1.54) is 50.7 Å². The van der Waals surface area contributed by atoms with Gasteiger partial charge in [-0.3, -0.25) is 4.79 Å². The quantitative estimate of drug-likeness (QED) is 0.0910. The van der Waals surface area contributed by atoms with E-state index in [9.17, 15) is 9.59 Å². The molecule has 0 rings (SSSR count). The van der Waals surface area contributed by atoms with Crippen molar-refractivity contribution < 1.29 is 43.3 Å². The third kappa shape index (κ3) is 39.3. The molecule has 0 aromatic heterocycles. The van der Waals surface area contributed by atoms with Gasteiger partial charge < -0.3 is 9.47 Å². The predicted molar refractivity (Wildman–Crippen MR) is 124 cm³/mol. The Balaban J connectivity index is -0.000000211. The number of carbonyl (C=O) groups excluding carboxylic acids is 3. The molecule has 6 heteroatoms. The van der Waals surface area contributed by atoms with Crippen LogP contribution in [-0.2, 0) is 43.3 Å². The maximum absolute atomic E-state index is 10.8. The molecule has 0 aliphatic carbocycles. The van der Waals surface area contributed by atoms with Gasteiger partial charge in [-0.2, -0.15) is 0 Å². The average molecular weight is 522 g/mol. The number of unbranched alkanes of at least 4 members (excludes halogenated alkanes) is 6. The van der Waals surface area contributed by atoms with Gasteiger partial charge in [0.2, 0.25) is 0 Å². The second-order valence-corrected chi connectivity index (χ2v) is 6.07. The van der Waals surface area contributed by atoms with Gasteiger partial charge in [-0.15, -0.1) is 0 Å². The van der Waals surface area contributed by atoms with Crippen LogP contribution in [-0.4, -0.2) is 31.9 Å². The van der Waals surface area contributed by atoms with Crippen molar-refractivity contribution in [2.24, 2.45) is 0 Å². The third-order valence-electron chi connectivity index (χ3n) is 3.48. The molecule has 178 valence electrons. The van der Waals surface area contributed by atoms with Crippen molar-refractivity contribution >= 4 is 18.7 Å². The maximum Gasteiger partial charge on any atom is 0.330 e. The molecule has 0 aromatic carbocycles. The van der Waals surface area contributed by atoms with Crippen LogP contribution in [0.3, 0.4) is 0 Å². The minimum Gasteiger partial charge on any atom is -0.463 e. The zero-order chi connectivity index (χ0) is 23.3. The van der Waals surface area contributed by atoms with Gasteiger partial charge in [0.15, 0.2) is 0 Å². The zero-order valence-corrected chi connectivity index (χ0v) is 21.3. The molecular weight excluding hydrogens is 481 g/mol. The van der Waals surface area contributed by atoms with Gasteiger partial charge in [-0.1, -0.05) is 76.0 Å². The van der Waals surface area contributed by atoms with Gasteiger partial charge >= 0.3 is 11.9 Å². The summed E-state index contributed by atoms with van der Waals surface area (Å²) in [5.41, 5.74) is 0. The van der Waals surface area contributed by atoms with Gasteiger partial charge in [0.25, 0.3) is 6.79 Å². The molecule has 0 N–H and O–H groups in total. The SMILES string of the molecule is CCCCCC=CC=CC(=O)OCC.CCCCCC=CC=CC(=O)OCC.[C]=O.[Ru]. The van der Waals surface area contributed by atoms with E-state index in [1.807, 2.05) is 12.2 Å². The van der Waals surface area contributed by atoms with Crippen molar-refractivity contribution in [3.8, 4) is 0 Å². The molecule has 0 unspecified atom stereocenters. The summed E-state index contributed by atoms with van der Waals surface area (Å²) in [7, 11) is 0. The molecule has 0 saturated heterocycles. The minimum absolute atomic E-state index is 0. The Morgan fingerprint density at radius 3 is 1.29 bits per heavy atom. The molecule has 0 fully saturated rings. The molecule has 31 heavy (non-hydrogen) atoms. The first-order valence-electron chi connectivity index (χ1n) is 10.8. The standard InChI is InChI=1S/2C12H20O2.CO.Ru/c2*1-3-5-6-7-8-9-10-11-12(13)14-4-2;1-2;/h2*8-11H,3-7H2,1-2H3;;. The summed E-state index contributed by atoms with van der Waals surface area (Å²) in [6.45, 7) is 13.3. The van der Waals surface area contributed by atoms with Crippen molar-refractivity contribution in [3.63, 3.8) is 0 Å². The van der Waals surface area contributed by atoms with Gasteiger partial charge in [0.05, 0.1) is 13.2 Å². The van der Waals surface area contributed by atoms with Crippen molar-refractivity contribution in [2.45, 2.75) is 79.1 Å². The van der Waals surface area contributed by atoms with E-state index in [2.05, 4.69) is 32.8 Å². The molecule has 5 nitrogen and oxygen atoms in total. The Hall–Kier alpha value is -1.81. The number of hydrogen-bond donors (Lipinski definition) is 0. The van der Waals surface area contributed by atoms with Crippen LogP contribution in [0.15, 0.2) is 48.6 Å². The van der Waals surface area contributed by atoms with Crippen LogP contribution in [0.25, 0.3) is 0 Å². The Morgan fingerprint density at radius 2 is 1.00 bits per heavy atom. The molecular formula is C25H40O5Ru. The molecule has 2 radical (unpaired) electrons. The van der Waals surface area contributed by atoms with Crippen molar-refractivity contribution in [2.75, 3.05) is 13.2 Å². The summed E-state index contributed by atoms with van der Waals surface area (Å²) in [5.74, 6) is -0.545. The topological polar surface area (TPSA) is 69.7 Å². The third-order valence-corrected chi connectivity index (χ3v) is 3.48. The van der Waals surface area contributed by atoms with Gasteiger partial charge in [0.1, 0.15) is 0 Å². The van der Waals surface area contributed by atoms with Crippen LogP contribution < -0.4 is 0 Å². The van der Waals surface area contributed by atoms with Crippen LogP contribution in [0.4, 0.5) is 0 Å². The zero-order valence-electron chi connectivity index (χ0n) is 19.6. The fraction of sp³-hybridized carbons (Fsp3) is 0.560. The summed E-state index contributed by atoms with van der Waals surface area (Å²) < 4.78 is 9.45. The Bertz CT molecular complexity index is 452. The Kier molecular flexibility index (Phi) is 42.0. The fourth-order valence-electron chi connectivity index (χ4n) is 2.02. The van der Waals surface area contributed by atoms with Gasteiger partial charge in [-0.25, -0.2) is 9.59 Å². The summed E-state index contributed by atoms with van der Waals surface area (Å²) in [4.78, 5) is 29.2. The largest absolute Gasteiger partial charge is 0.463 e. The Morgan fingerprint density at radius 1 is 0.645 bits per heavy atom. The van der Waals surface area contributed by atoms with Gasteiger partial charge in [0, 0.05) is 31.6 Å². The Labute approximate surface area is 202 Å². The number of hydrogen-bond acceptors (Lipinski definition) is 5. The van der Waals surface area contributed by atoms with Crippen LogP contribution in [0.2, 0.25) is 0 Å². The molecule has 0 aliphatic rings. The molecule has 0 amide bonds. The fourth-order valence-corrected chi connectivity index (χ4v) is 2.02. The molecule has 0 heterocycles. The number of ether oxygens (including phenoxy) is 2. The molecule has 0 aliphatic heterocycles. The van der Waals surface area contributed by atoms with Crippen molar-refractivity contribution in [1.29, 1.82) is 0 Å². The summed E-state index contributed by atoms with van der Waals surface area (Å²) in [5, 5.41) is 0. The van der Waals surface area contributed by atoms with E-state index in [4.69, 9.17) is 14.3 Å². The number of rotatable bonds is 14. The van der Waals surface area contributed by atoms with E-state index in [0.29, 0.717) is 13.2 Å². The van der Waals surface area contributed by atoms with Crippen molar-refractivity contribution in [1.82, 2.24) is 0 Å². The van der Waals surface area contributed by atoms with E-state index >= 15 is 0 Å². The minimum atomic E-state index is -0.272. The van der Waals surface area contributed by atoms with Gasteiger partial charge in [-0.05, 0) is 39.5 Å². The smallest absolute Gasteiger partial charge is 0.330 e. The van der Waals surface area contributed by atoms with E-state index in [0.717, 1.165) is 12.8 Å². The number of esters is 2. The summed E-state index contributed by atoms with van der Waals surface area (Å²) >= 11 is 0. The number of carbonyl (C=O) groups is 2. The second-order valence-electron chi connectivity index (χ2n) is 6.07. The first-order chi connectivity index (χ1) is 14.6.